The van der Waals surface area contributed by atoms with Crippen molar-refractivity contribution >= 4 is 11.4 Å². The Morgan fingerprint density at radius 3 is 2.27 bits per heavy atom. The van der Waals surface area contributed by atoms with Crippen molar-refractivity contribution in [3.8, 4) is 0 Å². The molecule has 3 aliphatic heterocycles. The summed E-state index contributed by atoms with van der Waals surface area (Å²) in [6.07, 6.45) is 7.59. The Hall–Kier alpha value is -1.78. The first-order valence-electron chi connectivity index (χ1n) is 8.17. The maximum Gasteiger partial charge on any atom is 0.0988 e. The molecule has 0 amide bonds. The van der Waals surface area contributed by atoms with Gasteiger partial charge >= 0.3 is 0 Å². The number of para-hydroxylation sites is 2. The van der Waals surface area contributed by atoms with Crippen LogP contribution in [-0.2, 0) is 9.47 Å². The molecule has 1 aliphatic carbocycles. The minimum Gasteiger partial charge on any atom is -0.371 e. The van der Waals surface area contributed by atoms with Crippen molar-refractivity contribution in [1.82, 2.24) is 0 Å². The molecule has 2 atom stereocenters. The Morgan fingerprint density at radius 1 is 0.955 bits per heavy atom. The highest BCUT2D eigenvalue weighted by Crippen LogP contribution is 2.43. The van der Waals surface area contributed by atoms with Crippen LogP contribution in [0.15, 0.2) is 47.8 Å². The molecule has 2 unspecified atom stereocenters. The fourth-order valence-electron chi connectivity index (χ4n) is 3.51. The fraction of sp³-hybridized carbons (Fsp3) is 0.444. The minimum absolute atomic E-state index is 0.385. The normalized spacial score (nSPS) is 28.5. The lowest BCUT2D eigenvalue weighted by atomic mass is 10.00. The number of benzene rings is 1. The molecule has 0 saturated carbocycles. The van der Waals surface area contributed by atoms with Gasteiger partial charge in [0.15, 0.2) is 0 Å². The molecule has 0 spiro atoms. The van der Waals surface area contributed by atoms with Crippen LogP contribution in [0.4, 0.5) is 11.4 Å². The molecule has 2 saturated heterocycles. The van der Waals surface area contributed by atoms with Crippen molar-refractivity contribution in [2.24, 2.45) is 0 Å². The van der Waals surface area contributed by atoms with E-state index in [4.69, 9.17) is 9.47 Å². The largest absolute Gasteiger partial charge is 0.371 e. The highest BCUT2D eigenvalue weighted by atomic mass is 16.6. The van der Waals surface area contributed by atoms with E-state index in [1.165, 1.54) is 22.8 Å². The third-order valence-electron chi connectivity index (χ3n) is 4.78. The molecule has 4 nitrogen and oxygen atoms in total. The average Bonchev–Trinajstić information content (AvgIpc) is 3.45. The van der Waals surface area contributed by atoms with Gasteiger partial charge in [-0.15, -0.1) is 0 Å². The number of ether oxygens (including phenoxy) is 2. The monoisotopic (exact) mass is 296 g/mol. The van der Waals surface area contributed by atoms with Crippen LogP contribution in [-0.4, -0.2) is 38.5 Å². The van der Waals surface area contributed by atoms with Crippen molar-refractivity contribution in [2.45, 2.75) is 25.0 Å². The van der Waals surface area contributed by atoms with Gasteiger partial charge in [0, 0.05) is 5.70 Å². The maximum atomic E-state index is 5.49. The molecule has 0 N–H and O–H groups in total. The molecule has 4 heteroatoms. The van der Waals surface area contributed by atoms with Crippen LogP contribution in [0, 0.1) is 0 Å². The zero-order valence-corrected chi connectivity index (χ0v) is 12.6. The van der Waals surface area contributed by atoms with Crippen molar-refractivity contribution in [2.75, 3.05) is 36.1 Å². The number of fused-ring (bicyclic) bond motifs is 1. The molecule has 4 aliphatic rings. The topological polar surface area (TPSA) is 31.5 Å². The second-order valence-electron chi connectivity index (χ2n) is 6.39. The van der Waals surface area contributed by atoms with Gasteiger partial charge in [0.2, 0.25) is 0 Å². The summed E-state index contributed by atoms with van der Waals surface area (Å²) in [6, 6.07) is 8.73. The number of hydrogen-bond donors (Lipinski definition) is 0. The molecule has 1 aromatic rings. The maximum absolute atomic E-state index is 5.49. The van der Waals surface area contributed by atoms with E-state index in [0.717, 1.165) is 39.1 Å². The number of allylic oxidation sites excluding steroid dienone is 3. The van der Waals surface area contributed by atoms with E-state index in [2.05, 4.69) is 46.2 Å². The van der Waals surface area contributed by atoms with Crippen LogP contribution in [0.5, 0.6) is 0 Å². The Labute approximate surface area is 130 Å². The van der Waals surface area contributed by atoms with E-state index in [1.54, 1.807) is 0 Å². The van der Waals surface area contributed by atoms with Crippen molar-refractivity contribution in [1.29, 1.82) is 0 Å². The predicted molar refractivity (Wildman–Crippen MR) is 86.0 cm³/mol. The highest BCUT2D eigenvalue weighted by molar-refractivity contribution is 5.80. The first-order valence-corrected chi connectivity index (χ1v) is 8.17. The lowest BCUT2D eigenvalue weighted by Crippen LogP contribution is -2.40. The number of nitrogens with zero attached hydrogens (tertiary/aromatic N) is 2. The minimum atomic E-state index is 0.385. The quantitative estimate of drug-likeness (QED) is 0.800. The van der Waals surface area contributed by atoms with Crippen molar-refractivity contribution < 1.29 is 9.47 Å². The van der Waals surface area contributed by atoms with Crippen molar-refractivity contribution in [3.05, 3.63) is 47.8 Å². The lowest BCUT2D eigenvalue weighted by molar-refractivity contribution is 0.406. The first-order chi connectivity index (χ1) is 10.9. The van der Waals surface area contributed by atoms with Gasteiger partial charge in [0.05, 0.1) is 55.6 Å². The predicted octanol–water partition coefficient (Wildman–Crippen LogP) is 2.67. The molecule has 114 valence electrons. The summed E-state index contributed by atoms with van der Waals surface area (Å²) in [4.78, 5) is 4.93. The molecule has 0 aromatic heterocycles. The van der Waals surface area contributed by atoms with Gasteiger partial charge in [-0.25, -0.2) is 0 Å². The summed E-state index contributed by atoms with van der Waals surface area (Å²) in [5.41, 5.74) is 5.40. The molecule has 0 bridgehead atoms. The van der Waals surface area contributed by atoms with Gasteiger partial charge in [-0.2, -0.15) is 0 Å². The summed E-state index contributed by atoms with van der Waals surface area (Å²) in [6.45, 7) is 3.72. The average molecular weight is 296 g/mol. The van der Waals surface area contributed by atoms with Gasteiger partial charge in [0.1, 0.15) is 0 Å². The third-order valence-corrected chi connectivity index (χ3v) is 4.78. The zero-order chi connectivity index (χ0) is 14.5. The number of rotatable bonds is 4. The Morgan fingerprint density at radius 2 is 1.59 bits per heavy atom. The second-order valence-corrected chi connectivity index (χ2v) is 6.39. The van der Waals surface area contributed by atoms with Gasteiger partial charge < -0.3 is 19.3 Å². The third kappa shape index (κ3) is 2.14. The summed E-state index contributed by atoms with van der Waals surface area (Å²) in [5.74, 6) is 0. The lowest BCUT2D eigenvalue weighted by Gasteiger charge is -2.42. The Balaban J connectivity index is 1.61. The fourth-order valence-corrected chi connectivity index (χ4v) is 3.51. The second kappa shape index (κ2) is 4.86. The molecule has 1 aromatic carbocycles. The number of hydrogen-bond acceptors (Lipinski definition) is 4. The summed E-state index contributed by atoms with van der Waals surface area (Å²) in [7, 11) is 0. The molecule has 2 fully saturated rings. The zero-order valence-electron chi connectivity index (χ0n) is 12.6. The van der Waals surface area contributed by atoms with E-state index >= 15 is 0 Å². The van der Waals surface area contributed by atoms with Crippen LogP contribution in [0.1, 0.15) is 12.8 Å². The van der Waals surface area contributed by atoms with E-state index in [1.807, 2.05) is 0 Å². The first kappa shape index (κ1) is 12.7. The van der Waals surface area contributed by atoms with Gasteiger partial charge in [0.25, 0.3) is 0 Å². The van der Waals surface area contributed by atoms with Gasteiger partial charge in [-0.05, 0) is 31.1 Å². The van der Waals surface area contributed by atoms with Crippen LogP contribution < -0.4 is 9.80 Å². The summed E-state index contributed by atoms with van der Waals surface area (Å²) >= 11 is 0. The van der Waals surface area contributed by atoms with Crippen LogP contribution >= 0.6 is 0 Å². The summed E-state index contributed by atoms with van der Waals surface area (Å²) in [5, 5.41) is 0. The van der Waals surface area contributed by atoms with Crippen LogP contribution in [0.25, 0.3) is 0 Å². The van der Waals surface area contributed by atoms with E-state index < -0.39 is 0 Å². The van der Waals surface area contributed by atoms with Gasteiger partial charge in [-0.1, -0.05) is 18.2 Å². The smallest absolute Gasteiger partial charge is 0.0988 e. The van der Waals surface area contributed by atoms with E-state index in [0.29, 0.717) is 12.2 Å². The Kier molecular flexibility index (Phi) is 2.81. The molecule has 3 heterocycles. The molecule has 5 rings (SSSR count). The molecular formula is C18H20N2O2. The number of epoxide rings is 2. The van der Waals surface area contributed by atoms with Crippen molar-refractivity contribution in [3.63, 3.8) is 0 Å². The van der Waals surface area contributed by atoms with Crippen LogP contribution in [0.2, 0.25) is 0 Å². The highest BCUT2D eigenvalue weighted by Gasteiger charge is 2.36. The standard InChI is InChI=1S/C18H20N2O2/c1-2-6-16-15(5-1)19(9-13-11-21-13)17-7-3-4-8-18(17)20(16)10-14-12-22-14/h1-3,5-7,13-14H,4,8-12H2. The van der Waals surface area contributed by atoms with E-state index in [9.17, 15) is 0 Å². The summed E-state index contributed by atoms with van der Waals surface area (Å²) < 4.78 is 11.0. The SMILES string of the molecule is C1=CC2=C(CC1)N(CC1CO1)c1ccccc1N2CC1CO1. The molecular weight excluding hydrogens is 276 g/mol. The molecule has 0 radical (unpaired) electrons. The van der Waals surface area contributed by atoms with Gasteiger partial charge in [-0.3, -0.25) is 0 Å². The Bertz CT molecular complexity index is 659. The molecule has 22 heavy (non-hydrogen) atoms. The number of anilines is 2. The van der Waals surface area contributed by atoms with Crippen LogP contribution in [0.3, 0.4) is 0 Å². The van der Waals surface area contributed by atoms with E-state index in [-0.39, 0.29) is 0 Å².